The van der Waals surface area contributed by atoms with Gasteiger partial charge in [0.15, 0.2) is 0 Å². The van der Waals surface area contributed by atoms with E-state index in [1.165, 1.54) is 24.3 Å². The summed E-state index contributed by atoms with van der Waals surface area (Å²) in [6, 6.07) is 16.3. The molecule has 25 heavy (non-hydrogen) atoms. The van der Waals surface area contributed by atoms with Crippen LogP contribution in [-0.2, 0) is 0 Å². The molecular weight excluding hydrogens is 322 g/mol. The normalized spacial score (nSPS) is 10.1. The first-order valence-electron chi connectivity index (χ1n) is 7.35. The molecule has 0 bridgehead atoms. The van der Waals surface area contributed by atoms with Crippen LogP contribution in [0.1, 0.15) is 0 Å². The van der Waals surface area contributed by atoms with Gasteiger partial charge in [0.2, 0.25) is 0 Å². The maximum atomic E-state index is 11.9. The van der Waals surface area contributed by atoms with Crippen LogP contribution in [0.2, 0.25) is 0 Å². The highest BCUT2D eigenvalue weighted by Crippen LogP contribution is 2.22. The second-order valence-electron chi connectivity index (χ2n) is 5.08. The van der Waals surface area contributed by atoms with E-state index in [2.05, 4.69) is 10.3 Å². The van der Waals surface area contributed by atoms with E-state index in [0.717, 1.165) is 11.1 Å². The number of nitrogens with one attached hydrogen (secondary N) is 1. The number of pyridine rings is 1. The first-order chi connectivity index (χ1) is 12.1. The molecule has 1 amide bonds. The third-order valence-corrected chi connectivity index (χ3v) is 3.40. The second-order valence-corrected chi connectivity index (χ2v) is 5.08. The van der Waals surface area contributed by atoms with Gasteiger partial charge in [-0.2, -0.15) is 0 Å². The van der Waals surface area contributed by atoms with Gasteiger partial charge in [-0.05, 0) is 47.5 Å². The summed E-state index contributed by atoms with van der Waals surface area (Å²) in [5, 5.41) is 13.1. The summed E-state index contributed by atoms with van der Waals surface area (Å²) in [6.07, 6.45) is 2.74. The topological polar surface area (TPSA) is 94.4 Å². The van der Waals surface area contributed by atoms with E-state index in [4.69, 9.17) is 4.74 Å². The number of benzene rings is 2. The number of aromatic nitrogens is 1. The SMILES string of the molecule is O=C(Nc1ccc([N+](=O)[O-])cc1)Oc1ccc(-c2ccncc2)cc1. The van der Waals surface area contributed by atoms with Gasteiger partial charge in [-0.25, -0.2) is 4.79 Å². The molecule has 0 aliphatic carbocycles. The molecule has 0 aliphatic heterocycles. The molecule has 0 atom stereocenters. The maximum Gasteiger partial charge on any atom is 0.417 e. The van der Waals surface area contributed by atoms with E-state index in [1.807, 2.05) is 24.3 Å². The molecule has 0 unspecified atom stereocenters. The van der Waals surface area contributed by atoms with Crippen molar-refractivity contribution < 1.29 is 14.5 Å². The Labute approximate surface area is 143 Å². The number of carbonyl (C=O) groups excluding carboxylic acids is 1. The largest absolute Gasteiger partial charge is 0.417 e. The molecule has 124 valence electrons. The minimum absolute atomic E-state index is 0.0504. The number of non-ortho nitro benzene ring substituents is 1. The molecule has 1 aromatic heterocycles. The molecule has 1 N–H and O–H groups in total. The molecule has 0 radical (unpaired) electrons. The van der Waals surface area contributed by atoms with Crippen LogP contribution in [0.4, 0.5) is 16.2 Å². The Morgan fingerprint density at radius 2 is 1.52 bits per heavy atom. The number of ether oxygens (including phenoxy) is 1. The Hall–Kier alpha value is -3.74. The van der Waals surface area contributed by atoms with Crippen molar-refractivity contribution in [2.75, 3.05) is 5.32 Å². The van der Waals surface area contributed by atoms with E-state index < -0.39 is 11.0 Å². The molecule has 0 fully saturated rings. The fourth-order valence-corrected chi connectivity index (χ4v) is 2.18. The quantitative estimate of drug-likeness (QED) is 0.567. The highest BCUT2D eigenvalue weighted by Gasteiger charge is 2.08. The van der Waals surface area contributed by atoms with Gasteiger partial charge >= 0.3 is 6.09 Å². The number of anilines is 1. The first kappa shape index (κ1) is 16.1. The van der Waals surface area contributed by atoms with Gasteiger partial charge in [0, 0.05) is 30.2 Å². The van der Waals surface area contributed by atoms with Gasteiger partial charge in [-0.3, -0.25) is 20.4 Å². The average molecular weight is 335 g/mol. The molecule has 0 saturated carbocycles. The van der Waals surface area contributed by atoms with Crippen LogP contribution in [0.3, 0.4) is 0 Å². The third-order valence-electron chi connectivity index (χ3n) is 3.40. The number of amides is 1. The van der Waals surface area contributed by atoms with Crippen molar-refractivity contribution in [3.8, 4) is 16.9 Å². The minimum Gasteiger partial charge on any atom is -0.410 e. The van der Waals surface area contributed by atoms with Crippen LogP contribution in [-0.4, -0.2) is 16.0 Å². The zero-order valence-corrected chi connectivity index (χ0v) is 13.0. The third kappa shape index (κ3) is 4.17. The standard InChI is InChI=1S/C18H13N3O4/c22-18(20-15-3-5-16(6-4-15)21(23)24)25-17-7-1-13(2-8-17)14-9-11-19-12-10-14/h1-12H,(H,20,22). The highest BCUT2D eigenvalue weighted by atomic mass is 16.6. The summed E-state index contributed by atoms with van der Waals surface area (Å²) in [4.78, 5) is 25.9. The number of hydrogen-bond donors (Lipinski definition) is 1. The summed E-state index contributed by atoms with van der Waals surface area (Å²) >= 11 is 0. The molecule has 2 aromatic carbocycles. The lowest BCUT2D eigenvalue weighted by Gasteiger charge is -2.07. The van der Waals surface area contributed by atoms with Crippen molar-refractivity contribution in [3.05, 3.63) is 83.2 Å². The maximum absolute atomic E-state index is 11.9. The average Bonchev–Trinajstić information content (AvgIpc) is 2.63. The summed E-state index contributed by atoms with van der Waals surface area (Å²) in [6.45, 7) is 0. The van der Waals surface area contributed by atoms with Gasteiger partial charge in [-0.15, -0.1) is 0 Å². The van der Waals surface area contributed by atoms with Crippen LogP contribution in [0.25, 0.3) is 11.1 Å². The van der Waals surface area contributed by atoms with Crippen LogP contribution in [0.15, 0.2) is 73.1 Å². The second kappa shape index (κ2) is 7.22. The van der Waals surface area contributed by atoms with Crippen molar-refractivity contribution in [2.45, 2.75) is 0 Å². The Balaban J connectivity index is 1.62. The Morgan fingerprint density at radius 1 is 0.920 bits per heavy atom. The van der Waals surface area contributed by atoms with Crippen molar-refractivity contribution in [2.24, 2.45) is 0 Å². The van der Waals surface area contributed by atoms with Crippen molar-refractivity contribution in [3.63, 3.8) is 0 Å². The summed E-state index contributed by atoms with van der Waals surface area (Å²) < 4.78 is 5.19. The molecule has 7 nitrogen and oxygen atoms in total. The van der Waals surface area contributed by atoms with Gasteiger partial charge in [0.25, 0.3) is 5.69 Å². The monoisotopic (exact) mass is 335 g/mol. The van der Waals surface area contributed by atoms with Gasteiger partial charge < -0.3 is 4.74 Å². The Kier molecular flexibility index (Phi) is 4.66. The summed E-state index contributed by atoms with van der Waals surface area (Å²) in [7, 11) is 0. The molecule has 0 saturated heterocycles. The van der Waals surface area contributed by atoms with Crippen LogP contribution >= 0.6 is 0 Å². The van der Waals surface area contributed by atoms with Crippen LogP contribution in [0, 0.1) is 10.1 Å². The van der Waals surface area contributed by atoms with Crippen molar-refractivity contribution in [1.29, 1.82) is 0 Å². The Bertz CT molecular complexity index is 878. The van der Waals surface area contributed by atoms with E-state index in [0.29, 0.717) is 11.4 Å². The van der Waals surface area contributed by atoms with Crippen LogP contribution < -0.4 is 10.1 Å². The molecule has 7 heteroatoms. The number of nitrogens with zero attached hydrogens (tertiary/aromatic N) is 2. The summed E-state index contributed by atoms with van der Waals surface area (Å²) in [5.74, 6) is 0.386. The van der Waals surface area contributed by atoms with E-state index in [9.17, 15) is 14.9 Å². The molecule has 3 aromatic rings. The van der Waals surface area contributed by atoms with Gasteiger partial charge in [0.05, 0.1) is 4.92 Å². The summed E-state index contributed by atoms with van der Waals surface area (Å²) in [5.41, 5.74) is 2.34. The molecule has 0 aliphatic rings. The molecular formula is C18H13N3O4. The number of carbonyl (C=O) groups is 1. The molecule has 0 spiro atoms. The number of hydrogen-bond acceptors (Lipinski definition) is 5. The van der Waals surface area contributed by atoms with E-state index in [1.54, 1.807) is 24.5 Å². The van der Waals surface area contributed by atoms with E-state index in [-0.39, 0.29) is 5.69 Å². The van der Waals surface area contributed by atoms with Gasteiger partial charge in [-0.1, -0.05) is 12.1 Å². The number of nitro groups is 1. The predicted octanol–water partition coefficient (Wildman–Crippen LogP) is 4.27. The molecule has 1 heterocycles. The zero-order chi connectivity index (χ0) is 17.6. The van der Waals surface area contributed by atoms with Crippen LogP contribution in [0.5, 0.6) is 5.75 Å². The lowest BCUT2D eigenvalue weighted by Crippen LogP contribution is -2.16. The zero-order valence-electron chi connectivity index (χ0n) is 13.0. The lowest BCUT2D eigenvalue weighted by molar-refractivity contribution is -0.384. The molecule has 3 rings (SSSR count). The minimum atomic E-state index is -0.675. The lowest BCUT2D eigenvalue weighted by atomic mass is 10.1. The Morgan fingerprint density at radius 3 is 2.12 bits per heavy atom. The van der Waals surface area contributed by atoms with E-state index >= 15 is 0 Å². The number of nitro benzene ring substituents is 1. The van der Waals surface area contributed by atoms with Crippen molar-refractivity contribution in [1.82, 2.24) is 4.98 Å². The van der Waals surface area contributed by atoms with Gasteiger partial charge in [0.1, 0.15) is 5.75 Å². The smallest absolute Gasteiger partial charge is 0.410 e. The fraction of sp³-hybridized carbons (Fsp3) is 0. The number of rotatable bonds is 4. The first-order valence-corrected chi connectivity index (χ1v) is 7.35. The highest BCUT2D eigenvalue weighted by molar-refractivity contribution is 5.86. The fourth-order valence-electron chi connectivity index (χ4n) is 2.18. The van der Waals surface area contributed by atoms with Crippen molar-refractivity contribution >= 4 is 17.5 Å². The predicted molar refractivity (Wildman–Crippen MR) is 92.4 cm³/mol.